The van der Waals surface area contributed by atoms with Crippen LogP contribution in [0, 0.1) is 16.2 Å². The van der Waals surface area contributed by atoms with E-state index in [-0.39, 0.29) is 0 Å². The maximum Gasteiger partial charge on any atom is 0.0468 e. The van der Waals surface area contributed by atoms with Crippen LogP contribution in [0.4, 0.5) is 0 Å². The van der Waals surface area contributed by atoms with Crippen molar-refractivity contribution in [2.75, 3.05) is 6.61 Å². The average Bonchev–Trinajstić information content (AvgIpc) is 2.28. The first-order chi connectivity index (χ1) is 8.28. The van der Waals surface area contributed by atoms with Crippen LogP contribution in [0.3, 0.4) is 0 Å². The Bertz CT molecular complexity index is 366. The summed E-state index contributed by atoms with van der Waals surface area (Å²) in [5.74, 6) is 0. The zero-order valence-electron chi connectivity index (χ0n) is 12.9. The summed E-state index contributed by atoms with van der Waals surface area (Å²) in [6, 6.07) is 0. The molecule has 0 aromatic carbocycles. The van der Waals surface area contributed by atoms with Crippen LogP contribution in [-0.4, -0.2) is 11.7 Å². The quantitative estimate of drug-likeness (QED) is 0.704. The second-order valence-corrected chi connectivity index (χ2v) is 7.63. The molecular formula is C17H30O. The standard InChI is InChI=1S/C17H30O/c1-13-7-11-17(5)15(2,3)9-6-10-16(17,4)14(13)8-12-18/h18H,6-12H2,1-5H3/t16-,17+/m1/s1. The summed E-state index contributed by atoms with van der Waals surface area (Å²) in [5.41, 5.74) is 4.25. The van der Waals surface area contributed by atoms with Crippen molar-refractivity contribution < 1.29 is 5.11 Å². The van der Waals surface area contributed by atoms with Crippen LogP contribution < -0.4 is 0 Å². The molecule has 0 amide bonds. The zero-order valence-corrected chi connectivity index (χ0v) is 12.9. The molecule has 1 N–H and O–H groups in total. The minimum atomic E-state index is 0.304. The lowest BCUT2D eigenvalue weighted by molar-refractivity contribution is -0.0846. The lowest BCUT2D eigenvalue weighted by Crippen LogP contribution is -2.54. The highest BCUT2D eigenvalue weighted by atomic mass is 16.3. The summed E-state index contributed by atoms with van der Waals surface area (Å²) in [6.45, 7) is 12.5. The lowest BCUT2D eigenvalue weighted by Gasteiger charge is -2.63. The number of fused-ring (bicyclic) bond motifs is 1. The second kappa shape index (κ2) is 4.37. The molecule has 0 saturated heterocycles. The van der Waals surface area contributed by atoms with Crippen LogP contribution in [-0.2, 0) is 0 Å². The van der Waals surface area contributed by atoms with Gasteiger partial charge in [-0.2, -0.15) is 0 Å². The molecule has 1 heteroatoms. The van der Waals surface area contributed by atoms with Gasteiger partial charge in [-0.15, -0.1) is 0 Å². The van der Waals surface area contributed by atoms with Gasteiger partial charge in [-0.05, 0) is 55.3 Å². The van der Waals surface area contributed by atoms with Crippen molar-refractivity contribution in [3.8, 4) is 0 Å². The predicted molar refractivity (Wildman–Crippen MR) is 77.5 cm³/mol. The number of allylic oxidation sites excluding steroid dienone is 1. The van der Waals surface area contributed by atoms with Crippen LogP contribution in [0.25, 0.3) is 0 Å². The van der Waals surface area contributed by atoms with Crippen molar-refractivity contribution in [3.63, 3.8) is 0 Å². The molecule has 104 valence electrons. The molecule has 1 fully saturated rings. The van der Waals surface area contributed by atoms with Gasteiger partial charge in [-0.25, -0.2) is 0 Å². The molecule has 2 atom stereocenters. The Morgan fingerprint density at radius 3 is 2.33 bits per heavy atom. The van der Waals surface area contributed by atoms with Gasteiger partial charge in [0.15, 0.2) is 0 Å². The van der Waals surface area contributed by atoms with Crippen molar-refractivity contribution >= 4 is 0 Å². The molecule has 18 heavy (non-hydrogen) atoms. The topological polar surface area (TPSA) is 20.2 Å². The fourth-order valence-electron chi connectivity index (χ4n) is 4.94. The van der Waals surface area contributed by atoms with Crippen molar-refractivity contribution in [3.05, 3.63) is 11.1 Å². The molecule has 0 aromatic rings. The highest BCUT2D eigenvalue weighted by Crippen LogP contribution is 2.67. The van der Waals surface area contributed by atoms with E-state index in [0.717, 1.165) is 6.42 Å². The first-order valence-electron chi connectivity index (χ1n) is 7.58. The average molecular weight is 250 g/mol. The molecule has 2 aliphatic rings. The van der Waals surface area contributed by atoms with E-state index in [1.807, 2.05) is 0 Å². The first-order valence-corrected chi connectivity index (χ1v) is 7.58. The molecule has 0 heterocycles. The van der Waals surface area contributed by atoms with E-state index in [2.05, 4.69) is 34.6 Å². The fraction of sp³-hybridized carbons (Fsp3) is 0.882. The molecule has 1 saturated carbocycles. The maximum atomic E-state index is 9.42. The van der Waals surface area contributed by atoms with Gasteiger partial charge in [-0.1, -0.05) is 45.3 Å². The molecule has 0 unspecified atom stereocenters. The van der Waals surface area contributed by atoms with E-state index in [1.165, 1.54) is 32.1 Å². The van der Waals surface area contributed by atoms with Crippen LogP contribution in [0.5, 0.6) is 0 Å². The Morgan fingerprint density at radius 1 is 1.06 bits per heavy atom. The van der Waals surface area contributed by atoms with E-state index in [1.54, 1.807) is 11.1 Å². The number of rotatable bonds is 2. The minimum Gasteiger partial charge on any atom is -0.396 e. The normalized spacial score (nSPS) is 39.7. The van der Waals surface area contributed by atoms with Crippen molar-refractivity contribution in [1.29, 1.82) is 0 Å². The number of hydrogen-bond acceptors (Lipinski definition) is 1. The van der Waals surface area contributed by atoms with Gasteiger partial charge >= 0.3 is 0 Å². The summed E-state index contributed by atoms with van der Waals surface area (Å²) in [5, 5.41) is 9.42. The van der Waals surface area contributed by atoms with Crippen LogP contribution in [0.15, 0.2) is 11.1 Å². The van der Waals surface area contributed by atoms with Gasteiger partial charge in [0.1, 0.15) is 0 Å². The molecule has 0 aromatic heterocycles. The maximum absolute atomic E-state index is 9.42. The van der Waals surface area contributed by atoms with Crippen molar-refractivity contribution in [2.24, 2.45) is 16.2 Å². The predicted octanol–water partition coefficient (Wildman–Crippen LogP) is 4.70. The number of aliphatic hydroxyl groups excluding tert-OH is 1. The molecule has 0 aliphatic heterocycles. The highest BCUT2D eigenvalue weighted by molar-refractivity contribution is 5.30. The summed E-state index contributed by atoms with van der Waals surface area (Å²) in [6.07, 6.45) is 7.42. The van der Waals surface area contributed by atoms with Gasteiger partial charge < -0.3 is 5.11 Å². The SMILES string of the molecule is CC1=C(CCO)[C@@]2(C)CCCC(C)(C)[C@]2(C)CC1. The molecule has 2 aliphatic carbocycles. The fourth-order valence-corrected chi connectivity index (χ4v) is 4.94. The van der Waals surface area contributed by atoms with Gasteiger partial charge in [0.05, 0.1) is 0 Å². The third kappa shape index (κ3) is 1.70. The van der Waals surface area contributed by atoms with Crippen LogP contribution in [0.2, 0.25) is 0 Å². The lowest BCUT2D eigenvalue weighted by atomic mass is 9.42. The van der Waals surface area contributed by atoms with E-state index < -0.39 is 0 Å². The molecule has 0 spiro atoms. The Morgan fingerprint density at radius 2 is 1.72 bits per heavy atom. The first kappa shape index (κ1) is 14.1. The van der Waals surface area contributed by atoms with Gasteiger partial charge in [0.25, 0.3) is 0 Å². The third-order valence-electron chi connectivity index (χ3n) is 6.73. The van der Waals surface area contributed by atoms with E-state index >= 15 is 0 Å². The Kier molecular flexibility index (Phi) is 3.43. The molecule has 2 rings (SSSR count). The summed E-state index contributed by atoms with van der Waals surface area (Å²) < 4.78 is 0. The van der Waals surface area contributed by atoms with E-state index in [4.69, 9.17) is 0 Å². The minimum absolute atomic E-state index is 0.304. The smallest absolute Gasteiger partial charge is 0.0468 e. The van der Waals surface area contributed by atoms with Crippen LogP contribution >= 0.6 is 0 Å². The highest BCUT2D eigenvalue weighted by Gasteiger charge is 2.58. The Labute approximate surface area is 113 Å². The van der Waals surface area contributed by atoms with Crippen LogP contribution in [0.1, 0.15) is 73.1 Å². The largest absolute Gasteiger partial charge is 0.396 e. The van der Waals surface area contributed by atoms with Gasteiger partial charge in [-0.3, -0.25) is 0 Å². The van der Waals surface area contributed by atoms with Gasteiger partial charge in [0, 0.05) is 6.61 Å². The summed E-state index contributed by atoms with van der Waals surface area (Å²) in [7, 11) is 0. The summed E-state index contributed by atoms with van der Waals surface area (Å²) >= 11 is 0. The number of hydrogen-bond donors (Lipinski definition) is 1. The zero-order chi connectivity index (χ0) is 13.6. The molecule has 1 nitrogen and oxygen atoms in total. The monoisotopic (exact) mass is 250 g/mol. The van der Waals surface area contributed by atoms with Crippen molar-refractivity contribution in [1.82, 2.24) is 0 Å². The van der Waals surface area contributed by atoms with E-state index in [9.17, 15) is 5.11 Å². The molecular weight excluding hydrogens is 220 g/mol. The molecule has 0 bridgehead atoms. The third-order valence-corrected chi connectivity index (χ3v) is 6.73. The Hall–Kier alpha value is -0.300. The van der Waals surface area contributed by atoms with E-state index in [0.29, 0.717) is 22.9 Å². The summed E-state index contributed by atoms with van der Waals surface area (Å²) in [4.78, 5) is 0. The molecule has 0 radical (unpaired) electrons. The van der Waals surface area contributed by atoms with Crippen molar-refractivity contribution in [2.45, 2.75) is 73.1 Å². The van der Waals surface area contributed by atoms with Gasteiger partial charge in [0.2, 0.25) is 0 Å². The number of aliphatic hydroxyl groups is 1. The second-order valence-electron chi connectivity index (χ2n) is 7.63. The Balaban J connectivity index is 2.51.